The Hall–Kier alpha value is -3.03. The van der Waals surface area contributed by atoms with Gasteiger partial charge in [-0.2, -0.15) is 0 Å². The fourth-order valence-corrected chi connectivity index (χ4v) is 5.04. The molecule has 0 atom stereocenters. The third-order valence-corrected chi connectivity index (χ3v) is 7.14. The van der Waals surface area contributed by atoms with Gasteiger partial charge in [-0.25, -0.2) is 0 Å². The van der Waals surface area contributed by atoms with E-state index in [-0.39, 0.29) is 17.7 Å². The number of rotatable bonds is 7. The van der Waals surface area contributed by atoms with Gasteiger partial charge >= 0.3 is 0 Å². The van der Waals surface area contributed by atoms with Crippen molar-refractivity contribution in [2.24, 2.45) is 0 Å². The quantitative estimate of drug-likeness (QED) is 0.307. The molecule has 0 bridgehead atoms. The smallest absolute Gasteiger partial charge is 0.293 e. The van der Waals surface area contributed by atoms with E-state index in [1.807, 2.05) is 68.4 Å². The maximum absolute atomic E-state index is 13.0. The van der Waals surface area contributed by atoms with Gasteiger partial charge < -0.3 is 9.47 Å². The van der Waals surface area contributed by atoms with Gasteiger partial charge in [0, 0.05) is 0 Å². The topological polar surface area (TPSA) is 55.8 Å². The number of amides is 2. The van der Waals surface area contributed by atoms with Crippen LogP contribution in [0.1, 0.15) is 27.8 Å². The molecule has 4 rings (SSSR count). The summed E-state index contributed by atoms with van der Waals surface area (Å²) < 4.78 is 12.3. The summed E-state index contributed by atoms with van der Waals surface area (Å²) in [6.45, 7) is 4.67. The molecule has 0 radical (unpaired) electrons. The van der Waals surface area contributed by atoms with E-state index in [0.29, 0.717) is 27.5 Å². The van der Waals surface area contributed by atoms with Crippen LogP contribution in [0.4, 0.5) is 4.79 Å². The van der Waals surface area contributed by atoms with Gasteiger partial charge in [-0.15, -0.1) is 0 Å². The number of methoxy groups -OCH3 is 1. The molecule has 1 saturated heterocycles. The van der Waals surface area contributed by atoms with E-state index in [2.05, 4.69) is 15.9 Å². The molecule has 174 valence electrons. The van der Waals surface area contributed by atoms with E-state index in [0.717, 1.165) is 39.6 Å². The second-order valence-corrected chi connectivity index (χ2v) is 9.79. The van der Waals surface area contributed by atoms with Gasteiger partial charge in [0.25, 0.3) is 11.1 Å². The highest BCUT2D eigenvalue weighted by Crippen LogP contribution is 2.40. The molecule has 0 unspecified atom stereocenters. The van der Waals surface area contributed by atoms with E-state index in [1.54, 1.807) is 19.3 Å². The number of aryl methyl sites for hydroxylation is 2. The summed E-state index contributed by atoms with van der Waals surface area (Å²) in [5.74, 6) is 0.817. The summed E-state index contributed by atoms with van der Waals surface area (Å²) in [5, 5.41) is -0.274. The number of nitrogens with zero attached hydrogens (tertiary/aromatic N) is 1. The number of carbonyl (C=O) groups excluding carboxylic acids is 2. The Kier molecular flexibility index (Phi) is 7.44. The minimum Gasteiger partial charge on any atom is -0.493 e. The van der Waals surface area contributed by atoms with Crippen molar-refractivity contribution in [3.8, 4) is 11.5 Å². The third kappa shape index (κ3) is 5.21. The van der Waals surface area contributed by atoms with Crippen LogP contribution in [0.15, 0.2) is 70.0 Å². The molecule has 0 aromatic heterocycles. The summed E-state index contributed by atoms with van der Waals surface area (Å²) in [7, 11) is 1.57. The molecule has 3 aromatic rings. The van der Waals surface area contributed by atoms with Crippen LogP contribution in [0.2, 0.25) is 0 Å². The lowest BCUT2D eigenvalue weighted by Gasteiger charge is -2.15. The highest BCUT2D eigenvalue weighted by Gasteiger charge is 2.35. The minimum atomic E-state index is -0.298. The Bertz CT molecular complexity index is 1290. The largest absolute Gasteiger partial charge is 0.493 e. The highest BCUT2D eigenvalue weighted by molar-refractivity contribution is 9.10. The molecule has 7 heteroatoms. The number of halogens is 1. The Balaban J connectivity index is 1.55. The Morgan fingerprint density at radius 1 is 0.971 bits per heavy atom. The van der Waals surface area contributed by atoms with Crippen LogP contribution in [0.3, 0.4) is 0 Å². The first-order valence-corrected chi connectivity index (χ1v) is 12.3. The van der Waals surface area contributed by atoms with Gasteiger partial charge in [0.05, 0.1) is 23.0 Å². The Labute approximate surface area is 211 Å². The SMILES string of the molecule is COc1cc(/C=C2\SC(=O)N(Cc3ccccc3C)C2=O)cc(Br)c1OCc1ccccc1C. The summed E-state index contributed by atoms with van der Waals surface area (Å²) in [4.78, 5) is 27.2. The summed E-state index contributed by atoms with van der Waals surface area (Å²) in [6.07, 6.45) is 1.71. The second-order valence-electron chi connectivity index (χ2n) is 7.94. The molecule has 2 amide bonds. The first kappa shape index (κ1) is 24.1. The molecule has 34 heavy (non-hydrogen) atoms. The zero-order valence-corrected chi connectivity index (χ0v) is 21.5. The van der Waals surface area contributed by atoms with Gasteiger partial charge in [0.2, 0.25) is 0 Å². The Morgan fingerprint density at radius 2 is 1.62 bits per heavy atom. The minimum absolute atomic E-state index is 0.257. The summed E-state index contributed by atoms with van der Waals surface area (Å²) in [6, 6.07) is 19.4. The van der Waals surface area contributed by atoms with Crippen LogP contribution in [-0.4, -0.2) is 23.2 Å². The first-order chi connectivity index (χ1) is 16.4. The monoisotopic (exact) mass is 537 g/mol. The van der Waals surface area contributed by atoms with Crippen LogP contribution >= 0.6 is 27.7 Å². The highest BCUT2D eigenvalue weighted by atomic mass is 79.9. The van der Waals surface area contributed by atoms with Crippen molar-refractivity contribution < 1.29 is 19.1 Å². The lowest BCUT2D eigenvalue weighted by atomic mass is 10.1. The molecular weight excluding hydrogens is 514 g/mol. The summed E-state index contributed by atoms with van der Waals surface area (Å²) >= 11 is 4.51. The predicted octanol–water partition coefficient (Wildman–Crippen LogP) is 6.89. The number of carbonyl (C=O) groups is 2. The predicted molar refractivity (Wildman–Crippen MR) is 139 cm³/mol. The van der Waals surface area contributed by atoms with Crippen molar-refractivity contribution in [1.82, 2.24) is 4.90 Å². The zero-order chi connectivity index (χ0) is 24.2. The molecule has 1 aliphatic heterocycles. The Morgan fingerprint density at radius 3 is 2.26 bits per heavy atom. The van der Waals surface area contributed by atoms with Crippen molar-refractivity contribution in [2.45, 2.75) is 27.0 Å². The fourth-order valence-electron chi connectivity index (χ4n) is 3.63. The average Bonchev–Trinajstić information content (AvgIpc) is 3.07. The van der Waals surface area contributed by atoms with Crippen LogP contribution in [0.25, 0.3) is 6.08 Å². The molecule has 0 saturated carbocycles. The van der Waals surface area contributed by atoms with Gasteiger partial charge in [-0.1, -0.05) is 48.5 Å². The lowest BCUT2D eigenvalue weighted by molar-refractivity contribution is -0.123. The van der Waals surface area contributed by atoms with Crippen molar-refractivity contribution in [3.63, 3.8) is 0 Å². The second kappa shape index (κ2) is 10.5. The third-order valence-electron chi connectivity index (χ3n) is 5.65. The van der Waals surface area contributed by atoms with E-state index in [1.165, 1.54) is 4.90 Å². The van der Waals surface area contributed by atoms with Crippen molar-refractivity contribution in [1.29, 1.82) is 0 Å². The number of benzene rings is 3. The lowest BCUT2D eigenvalue weighted by Crippen LogP contribution is -2.27. The molecule has 0 N–H and O–H groups in total. The molecule has 0 spiro atoms. The number of imide groups is 1. The molecule has 1 aliphatic rings. The first-order valence-electron chi connectivity index (χ1n) is 10.7. The number of ether oxygens (including phenoxy) is 2. The number of hydrogen-bond donors (Lipinski definition) is 0. The normalized spacial score (nSPS) is 14.7. The van der Waals surface area contributed by atoms with Gasteiger partial charge in [0.1, 0.15) is 6.61 Å². The van der Waals surface area contributed by atoms with Crippen molar-refractivity contribution in [2.75, 3.05) is 7.11 Å². The number of hydrogen-bond acceptors (Lipinski definition) is 5. The van der Waals surface area contributed by atoms with E-state index >= 15 is 0 Å². The van der Waals surface area contributed by atoms with Crippen molar-refractivity contribution in [3.05, 3.63) is 97.9 Å². The molecule has 1 heterocycles. The van der Waals surface area contributed by atoms with E-state index < -0.39 is 0 Å². The van der Waals surface area contributed by atoms with E-state index in [9.17, 15) is 9.59 Å². The van der Waals surface area contributed by atoms with Crippen LogP contribution in [0.5, 0.6) is 11.5 Å². The standard InChI is InChI=1S/C27H24BrNO4S/c1-17-8-4-6-10-20(17)15-29-26(30)24(34-27(29)31)14-19-12-22(28)25(23(13-19)32-3)33-16-21-11-7-5-9-18(21)2/h4-14H,15-16H2,1-3H3/b24-14-. The number of thioether (sulfide) groups is 1. The molecule has 1 fully saturated rings. The molecular formula is C27H24BrNO4S. The fraction of sp³-hybridized carbons (Fsp3) is 0.185. The van der Waals surface area contributed by atoms with Gasteiger partial charge in [-0.05, 0) is 87.6 Å². The summed E-state index contributed by atoms with van der Waals surface area (Å²) in [5.41, 5.74) is 4.96. The van der Waals surface area contributed by atoms with Crippen molar-refractivity contribution >= 4 is 44.9 Å². The van der Waals surface area contributed by atoms with Gasteiger partial charge in [-0.3, -0.25) is 14.5 Å². The van der Waals surface area contributed by atoms with Crippen LogP contribution in [-0.2, 0) is 17.9 Å². The average molecular weight is 538 g/mol. The maximum atomic E-state index is 13.0. The maximum Gasteiger partial charge on any atom is 0.293 e. The van der Waals surface area contributed by atoms with Gasteiger partial charge in [0.15, 0.2) is 11.5 Å². The molecule has 0 aliphatic carbocycles. The van der Waals surface area contributed by atoms with Crippen LogP contribution in [0, 0.1) is 13.8 Å². The molecule has 3 aromatic carbocycles. The van der Waals surface area contributed by atoms with E-state index in [4.69, 9.17) is 9.47 Å². The van der Waals surface area contributed by atoms with Crippen LogP contribution < -0.4 is 9.47 Å². The zero-order valence-electron chi connectivity index (χ0n) is 19.1. The molecule has 5 nitrogen and oxygen atoms in total.